The van der Waals surface area contributed by atoms with Crippen LogP contribution in [0, 0.1) is 43.2 Å². The van der Waals surface area contributed by atoms with Gasteiger partial charge < -0.3 is 18.9 Å². The summed E-state index contributed by atoms with van der Waals surface area (Å²) in [6.45, 7) is 11.5. The van der Waals surface area contributed by atoms with Gasteiger partial charge in [-0.3, -0.25) is 43.8 Å². The summed E-state index contributed by atoms with van der Waals surface area (Å²) in [5, 5.41) is 0.407. The summed E-state index contributed by atoms with van der Waals surface area (Å²) in [7, 11) is 6.02. The van der Waals surface area contributed by atoms with Gasteiger partial charge in [0.15, 0.2) is 23.1 Å². The van der Waals surface area contributed by atoms with Crippen molar-refractivity contribution in [1.82, 2.24) is 19.9 Å². The molecule has 0 aliphatic rings. The van der Waals surface area contributed by atoms with E-state index in [1.165, 1.54) is 74.7 Å². The summed E-state index contributed by atoms with van der Waals surface area (Å²) in [6.07, 6.45) is 5.59. The highest BCUT2D eigenvalue weighted by atomic mass is 35.5. The van der Waals surface area contributed by atoms with E-state index in [4.69, 9.17) is 30.5 Å². The zero-order valence-corrected chi connectivity index (χ0v) is 71.1. The summed E-state index contributed by atoms with van der Waals surface area (Å²) < 4.78 is 90.1. The number of amides is 4. The van der Waals surface area contributed by atoms with Crippen molar-refractivity contribution in [1.29, 1.82) is 0 Å². The largest absolute Gasteiger partial charge is 0.449 e. The number of nitrogens with zero attached hydrogens (tertiary/aromatic N) is 8. The molecule has 0 radical (unpaired) electrons. The summed E-state index contributed by atoms with van der Waals surface area (Å²) in [6, 6.07) is 63.3. The minimum atomic E-state index is -0.636. The number of aromatic nitrogens is 4. The van der Waals surface area contributed by atoms with Crippen molar-refractivity contribution in [3.05, 3.63) is 333 Å². The predicted octanol–water partition coefficient (Wildman–Crippen LogP) is 22.6. The smallest absolute Gasteiger partial charge is 0.414 e. The fraction of sp³-hybridized carbons (Fsp3) is 0.224. The summed E-state index contributed by atoms with van der Waals surface area (Å²) >= 11 is 6.04. The molecule has 8 aromatic carbocycles. The van der Waals surface area contributed by atoms with E-state index in [2.05, 4.69) is 19.9 Å². The van der Waals surface area contributed by atoms with E-state index in [0.717, 1.165) is 70.6 Å². The molecular weight excluding hydrogens is 1610 g/mol. The van der Waals surface area contributed by atoms with E-state index in [9.17, 15) is 60.3 Å². The molecule has 12 rings (SSSR count). The lowest BCUT2D eigenvalue weighted by Gasteiger charge is -2.17. The zero-order valence-electron chi connectivity index (χ0n) is 70.3. The maximum Gasteiger partial charge on any atom is 0.414 e. The molecule has 12 aromatic rings. The number of rotatable bonds is 28. The van der Waals surface area contributed by atoms with Crippen molar-refractivity contribution >= 4 is 81.9 Å². The van der Waals surface area contributed by atoms with Gasteiger partial charge in [0.2, 0.25) is 11.9 Å². The van der Waals surface area contributed by atoms with Gasteiger partial charge in [0, 0.05) is 117 Å². The zero-order chi connectivity index (χ0) is 89.5. The Morgan fingerprint density at radius 1 is 0.323 bits per heavy atom. The third kappa shape index (κ3) is 26.3. The summed E-state index contributed by atoms with van der Waals surface area (Å²) in [5.41, 5.74) is 14.3. The molecule has 0 aliphatic carbocycles. The van der Waals surface area contributed by atoms with E-state index in [0.29, 0.717) is 100 Å². The SMILES string of the molecule is CCOC(=O)N(C)c1ccc(-c2ccc(C(=O)CCc3ccc(F)nc3C)cc2)cc1.CCOC(=O)N(C)c1ccc(-c2ccc(C(=O)CCc3cccnc3C)cc2)cc1F.CCOC(=O)N(C)c1ccc(-c2ccc(C(=O)CCc3cccnc3Cl)cc2)cc1F.CCOC(=O)N(C)c1ccc(-c2ccc(C(=O)CCc3cccnc3F)cc2)cc1F. The van der Waals surface area contributed by atoms with Crippen molar-refractivity contribution in [2.75, 3.05) is 74.2 Å². The van der Waals surface area contributed by atoms with E-state index in [1.54, 1.807) is 169 Å². The van der Waals surface area contributed by atoms with E-state index in [-0.39, 0.29) is 72.9 Å². The van der Waals surface area contributed by atoms with Crippen molar-refractivity contribution in [3.8, 4) is 44.5 Å². The number of carbonyl (C=O) groups excluding carboxylic acids is 8. The Morgan fingerprint density at radius 3 is 0.944 bits per heavy atom. The molecule has 4 aromatic heterocycles. The molecule has 20 nitrogen and oxygen atoms in total. The molecule has 0 N–H and O–H groups in total. The van der Waals surface area contributed by atoms with Crippen molar-refractivity contribution in [2.45, 2.75) is 92.9 Å². The van der Waals surface area contributed by atoms with Crippen LogP contribution in [0.5, 0.6) is 0 Å². The second-order valence-electron chi connectivity index (χ2n) is 28.1. The van der Waals surface area contributed by atoms with Crippen LogP contribution < -0.4 is 19.6 Å². The minimum absolute atomic E-state index is 0.0101. The van der Waals surface area contributed by atoms with Crippen LogP contribution >= 0.6 is 11.6 Å². The maximum absolute atomic E-state index is 14.6. The van der Waals surface area contributed by atoms with Gasteiger partial charge in [-0.15, -0.1) is 0 Å². The highest BCUT2D eigenvalue weighted by Gasteiger charge is 2.22. The van der Waals surface area contributed by atoms with Crippen LogP contribution in [0.3, 0.4) is 0 Å². The molecule has 0 atom stereocenters. The molecule has 0 unspecified atom stereocenters. The summed E-state index contributed by atoms with van der Waals surface area (Å²) in [5.74, 6) is -2.76. The Hall–Kier alpha value is -13.9. The number of anilines is 4. The topological polar surface area (TPSA) is 238 Å². The summed E-state index contributed by atoms with van der Waals surface area (Å²) in [4.78, 5) is 118. The lowest BCUT2D eigenvalue weighted by atomic mass is 9.99. The quantitative estimate of drug-likeness (QED) is 0.0192. The standard InChI is InChI=1S/2C25H25FN2O3.C24H22ClFN2O3.C24H22F2N2O3/c1-4-31-25(30)28(3)22-13-9-20(10-14-22)19-5-7-21(8-6-19)23(29)15-11-18-12-16-24(26)27-17(18)2;1-4-31-25(30)28(3)23-13-11-21(16-22(23)26)19-7-9-20(10-8-19)24(29)14-12-18-6-5-15-27-17(18)2;1-3-31-24(30)28(2)21-12-10-19(15-20(21)26)16-6-8-17(9-7-16)22(29)13-11-18-5-4-14-27-23(18)25;1-3-31-24(30)28(2)21-12-10-19(15-20(21)25)16-6-8-17(9-7-16)22(29)13-11-18-5-4-14-27-23(18)26/h5-10,12-14,16H,4,11,15H2,1-3H3;5-11,13,15-16H,4,12,14H2,1-3H3;2*4-10,12,14-15H,3,11,13H2,1-2H3. The van der Waals surface area contributed by atoms with Crippen LogP contribution in [0.25, 0.3) is 44.5 Å². The van der Waals surface area contributed by atoms with Crippen LogP contribution in [-0.4, -0.2) is 122 Å². The molecule has 0 saturated heterocycles. The molecule has 0 aliphatic heterocycles. The Labute approximate surface area is 722 Å². The van der Waals surface area contributed by atoms with Gasteiger partial charge >= 0.3 is 24.4 Å². The average molecular weight is 1710 g/mol. The highest BCUT2D eigenvalue weighted by molar-refractivity contribution is 6.30. The van der Waals surface area contributed by atoms with Gasteiger partial charge in [-0.2, -0.15) is 8.78 Å². The number of Topliss-reactive ketones (excluding diaryl/α,β-unsaturated/α-hetero) is 4. The van der Waals surface area contributed by atoms with E-state index >= 15 is 0 Å². The number of hydrogen-bond acceptors (Lipinski definition) is 16. The molecule has 0 saturated carbocycles. The van der Waals surface area contributed by atoms with E-state index in [1.807, 2.05) is 73.7 Å². The Bertz CT molecular complexity index is 5300. The number of carbonyl (C=O) groups is 8. The number of ketones is 4. The van der Waals surface area contributed by atoms with Gasteiger partial charge in [-0.1, -0.05) is 163 Å². The maximum atomic E-state index is 14.6. The molecule has 4 amide bonds. The first-order valence-electron chi connectivity index (χ1n) is 40.0. The molecule has 4 heterocycles. The van der Waals surface area contributed by atoms with Crippen molar-refractivity contribution in [3.63, 3.8) is 0 Å². The minimum Gasteiger partial charge on any atom is -0.449 e. The fourth-order valence-electron chi connectivity index (χ4n) is 12.8. The monoisotopic (exact) mass is 1700 g/mol. The number of aryl methyl sites for hydroxylation is 6. The van der Waals surface area contributed by atoms with E-state index < -0.39 is 53.7 Å². The Morgan fingerprint density at radius 2 is 0.613 bits per heavy atom. The van der Waals surface area contributed by atoms with Crippen molar-refractivity contribution in [2.24, 2.45) is 0 Å². The van der Waals surface area contributed by atoms with Gasteiger partial charge in [-0.05, 0) is 201 Å². The average Bonchev–Trinajstić information content (AvgIpc) is 0.821. The third-order valence-corrected chi connectivity index (χ3v) is 20.3. The molecule has 0 bridgehead atoms. The molecular formula is C98H94ClF5N8O12. The van der Waals surface area contributed by atoms with Gasteiger partial charge in [0.05, 0.1) is 43.5 Å². The lowest BCUT2D eigenvalue weighted by Crippen LogP contribution is -2.27. The van der Waals surface area contributed by atoms with Gasteiger partial charge in [0.25, 0.3) is 0 Å². The number of ether oxygens (including phenoxy) is 4. The van der Waals surface area contributed by atoms with Crippen LogP contribution in [0.15, 0.2) is 243 Å². The number of benzene rings is 8. The number of halogens is 6. The second kappa shape index (κ2) is 46.2. The van der Waals surface area contributed by atoms with Crippen molar-refractivity contribution < 1.29 is 79.3 Å². The Kier molecular flexibility index (Phi) is 35.0. The number of pyridine rings is 4. The molecule has 124 heavy (non-hydrogen) atoms. The normalized spacial score (nSPS) is 10.6. The fourth-order valence-corrected chi connectivity index (χ4v) is 13.0. The van der Waals surface area contributed by atoms with Crippen LogP contribution in [0.1, 0.15) is 128 Å². The van der Waals surface area contributed by atoms with Gasteiger partial charge in [-0.25, -0.2) is 47.3 Å². The molecule has 0 spiro atoms. The van der Waals surface area contributed by atoms with Crippen LogP contribution in [0.2, 0.25) is 5.15 Å². The third-order valence-electron chi connectivity index (χ3n) is 19.9. The van der Waals surface area contributed by atoms with Crippen LogP contribution in [0.4, 0.5) is 63.9 Å². The lowest BCUT2D eigenvalue weighted by molar-refractivity contribution is 0.0974. The van der Waals surface area contributed by atoms with Gasteiger partial charge in [0.1, 0.15) is 22.6 Å². The van der Waals surface area contributed by atoms with Crippen LogP contribution in [-0.2, 0) is 44.6 Å². The Balaban J connectivity index is 0.000000187. The first kappa shape index (κ1) is 93.9. The predicted molar refractivity (Wildman–Crippen MR) is 471 cm³/mol. The highest BCUT2D eigenvalue weighted by Crippen LogP contribution is 2.33. The number of hydrogen-bond donors (Lipinski definition) is 0. The molecule has 0 fully saturated rings. The first-order valence-corrected chi connectivity index (χ1v) is 40.3. The molecule has 640 valence electrons. The second-order valence-corrected chi connectivity index (χ2v) is 28.5. The molecule has 26 heteroatoms. The first-order chi connectivity index (χ1) is 59.6.